The summed E-state index contributed by atoms with van der Waals surface area (Å²) in [5.74, 6) is 0. The molecule has 0 saturated carbocycles. The maximum absolute atomic E-state index is 12.8. The van der Waals surface area contributed by atoms with Crippen LogP contribution in [0.5, 0.6) is 0 Å². The summed E-state index contributed by atoms with van der Waals surface area (Å²) in [6.45, 7) is 3.36. The number of benzene rings is 1. The van der Waals surface area contributed by atoms with Crippen LogP contribution in [0.4, 0.5) is 8.78 Å². The van der Waals surface area contributed by atoms with Gasteiger partial charge in [0.2, 0.25) is 6.43 Å². The van der Waals surface area contributed by atoms with E-state index in [1.165, 1.54) is 6.92 Å². The van der Waals surface area contributed by atoms with Crippen molar-refractivity contribution in [3.05, 3.63) is 35.4 Å². The minimum absolute atomic E-state index is 0.0479. The van der Waals surface area contributed by atoms with Crippen LogP contribution in [0.15, 0.2) is 24.3 Å². The minimum atomic E-state index is -2.43. The first-order valence-corrected chi connectivity index (χ1v) is 4.56. The predicted octanol–water partition coefficient (Wildman–Crippen LogP) is 2.48. The Kier molecular flexibility index (Phi) is 3.21. The topological polar surface area (TPSA) is 26.0 Å². The van der Waals surface area contributed by atoms with Gasteiger partial charge in [0, 0.05) is 6.54 Å². The molecular formula is C11H15F2N. The number of nitrogens with two attached hydrogens (primary N) is 1. The highest BCUT2D eigenvalue weighted by molar-refractivity contribution is 5.29. The molecule has 0 aliphatic carbocycles. The molecule has 0 radical (unpaired) electrons. The van der Waals surface area contributed by atoms with Gasteiger partial charge in [-0.1, -0.05) is 29.8 Å². The van der Waals surface area contributed by atoms with E-state index in [2.05, 4.69) is 0 Å². The van der Waals surface area contributed by atoms with Crippen molar-refractivity contribution in [3.8, 4) is 0 Å². The summed E-state index contributed by atoms with van der Waals surface area (Å²) in [5, 5.41) is 0. The Morgan fingerprint density at radius 1 is 1.29 bits per heavy atom. The smallest absolute Gasteiger partial charge is 0.249 e. The fourth-order valence-corrected chi connectivity index (χ4v) is 1.27. The third-order valence-electron chi connectivity index (χ3n) is 2.62. The predicted molar refractivity (Wildman–Crippen MR) is 53.6 cm³/mol. The first-order chi connectivity index (χ1) is 6.50. The summed E-state index contributed by atoms with van der Waals surface area (Å²) in [6.07, 6.45) is -2.43. The molecule has 1 rings (SSSR count). The third-order valence-corrected chi connectivity index (χ3v) is 2.62. The van der Waals surface area contributed by atoms with Crippen molar-refractivity contribution in [2.45, 2.75) is 25.7 Å². The van der Waals surface area contributed by atoms with Crippen molar-refractivity contribution in [1.29, 1.82) is 0 Å². The fraction of sp³-hybridized carbons (Fsp3) is 0.455. The molecule has 78 valence electrons. The highest BCUT2D eigenvalue weighted by Crippen LogP contribution is 2.29. The normalized spacial score (nSPS) is 15.6. The van der Waals surface area contributed by atoms with Crippen LogP contribution in [0.25, 0.3) is 0 Å². The van der Waals surface area contributed by atoms with E-state index in [9.17, 15) is 8.78 Å². The Labute approximate surface area is 82.9 Å². The maximum atomic E-state index is 12.8. The summed E-state index contributed by atoms with van der Waals surface area (Å²) in [6, 6.07) is 7.08. The van der Waals surface area contributed by atoms with E-state index in [1.54, 1.807) is 12.1 Å². The molecule has 0 heterocycles. The summed E-state index contributed by atoms with van der Waals surface area (Å²) in [5.41, 5.74) is 5.83. The Bertz CT molecular complexity index is 295. The second kappa shape index (κ2) is 4.05. The fourth-order valence-electron chi connectivity index (χ4n) is 1.27. The molecular weight excluding hydrogens is 184 g/mol. The van der Waals surface area contributed by atoms with Gasteiger partial charge in [-0.2, -0.15) is 0 Å². The van der Waals surface area contributed by atoms with Gasteiger partial charge in [0.25, 0.3) is 0 Å². The summed E-state index contributed by atoms with van der Waals surface area (Å²) < 4.78 is 25.6. The number of aryl methyl sites for hydroxylation is 1. The largest absolute Gasteiger partial charge is 0.329 e. The van der Waals surface area contributed by atoms with E-state index < -0.39 is 11.8 Å². The van der Waals surface area contributed by atoms with Gasteiger partial charge in [-0.15, -0.1) is 0 Å². The van der Waals surface area contributed by atoms with E-state index in [0.29, 0.717) is 5.56 Å². The lowest BCUT2D eigenvalue weighted by atomic mass is 9.83. The zero-order valence-electron chi connectivity index (χ0n) is 8.43. The lowest BCUT2D eigenvalue weighted by Crippen LogP contribution is -2.38. The zero-order valence-corrected chi connectivity index (χ0v) is 8.43. The van der Waals surface area contributed by atoms with Crippen molar-refractivity contribution in [2.75, 3.05) is 6.54 Å². The van der Waals surface area contributed by atoms with Gasteiger partial charge >= 0.3 is 0 Å². The molecule has 14 heavy (non-hydrogen) atoms. The molecule has 0 spiro atoms. The molecule has 0 amide bonds. The first-order valence-electron chi connectivity index (χ1n) is 4.56. The van der Waals surface area contributed by atoms with Gasteiger partial charge in [0.15, 0.2) is 0 Å². The van der Waals surface area contributed by atoms with Crippen molar-refractivity contribution in [2.24, 2.45) is 5.73 Å². The maximum Gasteiger partial charge on any atom is 0.249 e. The SMILES string of the molecule is Cc1ccc(C(C)(CN)C(F)F)cc1. The number of rotatable bonds is 3. The Balaban J connectivity index is 3.06. The van der Waals surface area contributed by atoms with Crippen LogP contribution < -0.4 is 5.73 Å². The number of hydrogen-bond acceptors (Lipinski definition) is 1. The summed E-state index contributed by atoms with van der Waals surface area (Å²) in [7, 11) is 0. The Morgan fingerprint density at radius 2 is 1.79 bits per heavy atom. The van der Waals surface area contributed by atoms with Crippen molar-refractivity contribution in [1.82, 2.24) is 0 Å². The number of hydrogen-bond donors (Lipinski definition) is 1. The van der Waals surface area contributed by atoms with Crippen molar-refractivity contribution < 1.29 is 8.78 Å². The molecule has 1 unspecified atom stereocenters. The van der Waals surface area contributed by atoms with Gasteiger partial charge in [0.1, 0.15) is 0 Å². The second-order valence-corrected chi connectivity index (χ2v) is 3.79. The lowest BCUT2D eigenvalue weighted by molar-refractivity contribution is 0.0637. The van der Waals surface area contributed by atoms with E-state index in [4.69, 9.17) is 5.73 Å². The van der Waals surface area contributed by atoms with Crippen LogP contribution in [0.2, 0.25) is 0 Å². The highest BCUT2D eigenvalue weighted by atomic mass is 19.3. The molecule has 1 nitrogen and oxygen atoms in total. The van der Waals surface area contributed by atoms with Crippen molar-refractivity contribution in [3.63, 3.8) is 0 Å². The molecule has 0 bridgehead atoms. The molecule has 2 N–H and O–H groups in total. The van der Waals surface area contributed by atoms with Crippen molar-refractivity contribution >= 4 is 0 Å². The average molecular weight is 199 g/mol. The highest BCUT2D eigenvalue weighted by Gasteiger charge is 2.35. The van der Waals surface area contributed by atoms with E-state index in [0.717, 1.165) is 5.56 Å². The third kappa shape index (κ3) is 1.93. The Morgan fingerprint density at radius 3 is 2.14 bits per heavy atom. The molecule has 0 fully saturated rings. The van der Waals surface area contributed by atoms with Gasteiger partial charge in [-0.3, -0.25) is 0 Å². The molecule has 0 aromatic heterocycles. The quantitative estimate of drug-likeness (QED) is 0.795. The van der Waals surface area contributed by atoms with Crippen LogP contribution in [-0.4, -0.2) is 13.0 Å². The van der Waals surface area contributed by atoms with E-state index >= 15 is 0 Å². The lowest BCUT2D eigenvalue weighted by Gasteiger charge is -2.27. The number of alkyl halides is 2. The molecule has 0 saturated heterocycles. The van der Waals surface area contributed by atoms with Gasteiger partial charge < -0.3 is 5.73 Å². The van der Waals surface area contributed by atoms with E-state index in [1.807, 2.05) is 19.1 Å². The van der Waals surface area contributed by atoms with E-state index in [-0.39, 0.29) is 6.54 Å². The molecule has 1 aromatic rings. The van der Waals surface area contributed by atoms with Crippen LogP contribution >= 0.6 is 0 Å². The number of halogens is 2. The van der Waals surface area contributed by atoms with Crippen LogP contribution in [0, 0.1) is 6.92 Å². The second-order valence-electron chi connectivity index (χ2n) is 3.79. The van der Waals surface area contributed by atoms with Crippen LogP contribution in [0.3, 0.4) is 0 Å². The first kappa shape index (κ1) is 11.1. The van der Waals surface area contributed by atoms with Gasteiger partial charge in [-0.25, -0.2) is 8.78 Å². The van der Waals surface area contributed by atoms with Gasteiger partial charge in [0.05, 0.1) is 5.41 Å². The molecule has 1 atom stereocenters. The average Bonchev–Trinajstić information content (AvgIpc) is 2.17. The molecule has 1 aromatic carbocycles. The molecule has 3 heteroatoms. The standard InChI is InChI=1S/C11H15F2N/c1-8-3-5-9(6-4-8)11(2,7-14)10(12)13/h3-6,10H,7,14H2,1-2H3. The Hall–Kier alpha value is -0.960. The zero-order chi connectivity index (χ0) is 10.8. The molecule has 0 aliphatic rings. The van der Waals surface area contributed by atoms with Crippen LogP contribution in [-0.2, 0) is 5.41 Å². The van der Waals surface area contributed by atoms with Crippen LogP contribution in [0.1, 0.15) is 18.1 Å². The summed E-state index contributed by atoms with van der Waals surface area (Å²) >= 11 is 0. The van der Waals surface area contributed by atoms with Gasteiger partial charge in [-0.05, 0) is 19.4 Å². The molecule has 0 aliphatic heterocycles. The summed E-state index contributed by atoms with van der Waals surface area (Å²) in [4.78, 5) is 0. The minimum Gasteiger partial charge on any atom is -0.329 e. The monoisotopic (exact) mass is 199 g/mol.